The van der Waals surface area contributed by atoms with Crippen LogP contribution in [0.3, 0.4) is 0 Å². The lowest BCUT2D eigenvalue weighted by Crippen LogP contribution is -2.28. The van der Waals surface area contributed by atoms with Gasteiger partial charge in [0, 0.05) is 0 Å². The van der Waals surface area contributed by atoms with Gasteiger partial charge in [-0.3, -0.25) is 0 Å². The molecule has 1 aliphatic carbocycles. The number of rotatable bonds is 1. The summed E-state index contributed by atoms with van der Waals surface area (Å²) in [5, 5.41) is 8.49. The second-order valence-electron chi connectivity index (χ2n) is 2.70. The van der Waals surface area contributed by atoms with E-state index in [1.807, 2.05) is 0 Å². The Labute approximate surface area is 61.3 Å². The molecule has 1 rings (SSSR count). The zero-order chi connectivity index (χ0) is 7.40. The van der Waals surface area contributed by atoms with Crippen LogP contribution >= 0.6 is 0 Å². The Kier molecular flexibility index (Phi) is 2.47. The first-order valence-electron chi connectivity index (χ1n) is 3.65. The van der Waals surface area contributed by atoms with E-state index < -0.39 is 0 Å². The van der Waals surface area contributed by atoms with Crippen LogP contribution < -0.4 is 5.73 Å². The first kappa shape index (κ1) is 7.30. The molecule has 10 heavy (non-hydrogen) atoms. The Balaban J connectivity index is 2.43. The standard InChI is InChI=1S/C8H12N2/c9-6-8(10)7-4-2-1-3-5-7/h1-2,7-8H,3-5,10H2/t7?,8-/m1/s1. The predicted molar refractivity (Wildman–Crippen MR) is 40.1 cm³/mol. The van der Waals surface area contributed by atoms with Crippen molar-refractivity contribution in [3.05, 3.63) is 12.2 Å². The molecule has 0 radical (unpaired) electrons. The lowest BCUT2D eigenvalue weighted by Gasteiger charge is -2.18. The summed E-state index contributed by atoms with van der Waals surface area (Å²) in [4.78, 5) is 0. The topological polar surface area (TPSA) is 49.8 Å². The lowest BCUT2D eigenvalue weighted by atomic mass is 9.89. The molecular weight excluding hydrogens is 124 g/mol. The molecule has 1 unspecified atom stereocenters. The van der Waals surface area contributed by atoms with Crippen molar-refractivity contribution < 1.29 is 0 Å². The van der Waals surface area contributed by atoms with Crippen LogP contribution in [0.4, 0.5) is 0 Å². The SMILES string of the molecule is N#C[C@@H](N)C1CC=CCC1. The van der Waals surface area contributed by atoms with E-state index in [1.165, 1.54) is 0 Å². The molecule has 0 bridgehead atoms. The highest BCUT2D eigenvalue weighted by Gasteiger charge is 2.16. The average molecular weight is 136 g/mol. The average Bonchev–Trinajstić information content (AvgIpc) is 2.05. The molecule has 2 atom stereocenters. The highest BCUT2D eigenvalue weighted by atomic mass is 14.6. The van der Waals surface area contributed by atoms with Crippen molar-refractivity contribution in [3.8, 4) is 6.07 Å². The lowest BCUT2D eigenvalue weighted by molar-refractivity contribution is 0.440. The maximum absolute atomic E-state index is 8.49. The maximum atomic E-state index is 8.49. The van der Waals surface area contributed by atoms with Gasteiger partial charge in [-0.05, 0) is 25.2 Å². The van der Waals surface area contributed by atoms with E-state index in [4.69, 9.17) is 11.0 Å². The fourth-order valence-electron chi connectivity index (χ4n) is 1.25. The second-order valence-corrected chi connectivity index (χ2v) is 2.70. The molecule has 0 amide bonds. The Morgan fingerprint density at radius 3 is 2.90 bits per heavy atom. The normalized spacial score (nSPS) is 27.4. The molecule has 2 N–H and O–H groups in total. The molecule has 0 aromatic heterocycles. The van der Waals surface area contributed by atoms with E-state index in [0.717, 1.165) is 19.3 Å². The van der Waals surface area contributed by atoms with Crippen LogP contribution in [-0.2, 0) is 0 Å². The maximum Gasteiger partial charge on any atom is 0.0959 e. The first-order valence-corrected chi connectivity index (χ1v) is 3.65. The van der Waals surface area contributed by atoms with Crippen LogP contribution in [0.25, 0.3) is 0 Å². The number of hydrogen-bond acceptors (Lipinski definition) is 2. The van der Waals surface area contributed by atoms with E-state index >= 15 is 0 Å². The van der Waals surface area contributed by atoms with Crippen LogP contribution in [0, 0.1) is 17.2 Å². The van der Waals surface area contributed by atoms with Gasteiger partial charge in [-0.2, -0.15) is 5.26 Å². The van der Waals surface area contributed by atoms with Crippen molar-refractivity contribution in [3.63, 3.8) is 0 Å². The summed E-state index contributed by atoms with van der Waals surface area (Å²) in [5.74, 6) is 0.398. The van der Waals surface area contributed by atoms with Crippen molar-refractivity contribution in [2.45, 2.75) is 25.3 Å². The molecule has 0 aromatic rings. The molecule has 0 spiro atoms. The molecule has 1 aliphatic rings. The molecule has 0 aromatic carbocycles. The van der Waals surface area contributed by atoms with E-state index in [1.54, 1.807) is 0 Å². The van der Waals surface area contributed by atoms with Gasteiger partial charge in [0.1, 0.15) is 0 Å². The Bertz CT molecular complexity index is 167. The zero-order valence-corrected chi connectivity index (χ0v) is 5.96. The minimum Gasteiger partial charge on any atom is -0.316 e. The molecule has 0 fully saturated rings. The van der Waals surface area contributed by atoms with Crippen molar-refractivity contribution in [2.75, 3.05) is 0 Å². The number of hydrogen-bond donors (Lipinski definition) is 1. The minimum atomic E-state index is -0.259. The monoisotopic (exact) mass is 136 g/mol. The fraction of sp³-hybridized carbons (Fsp3) is 0.625. The number of allylic oxidation sites excluding steroid dienone is 2. The largest absolute Gasteiger partial charge is 0.316 e. The van der Waals surface area contributed by atoms with Gasteiger partial charge in [-0.1, -0.05) is 12.2 Å². The van der Waals surface area contributed by atoms with Gasteiger partial charge < -0.3 is 5.73 Å². The Morgan fingerprint density at radius 1 is 1.60 bits per heavy atom. The third-order valence-corrected chi connectivity index (χ3v) is 1.97. The Hall–Kier alpha value is -0.810. The fourth-order valence-corrected chi connectivity index (χ4v) is 1.25. The summed E-state index contributed by atoms with van der Waals surface area (Å²) < 4.78 is 0. The highest BCUT2D eigenvalue weighted by molar-refractivity contribution is 4.99. The van der Waals surface area contributed by atoms with E-state index in [0.29, 0.717) is 5.92 Å². The summed E-state index contributed by atoms with van der Waals surface area (Å²) in [6, 6.07) is 1.82. The third-order valence-electron chi connectivity index (χ3n) is 1.97. The quantitative estimate of drug-likeness (QED) is 0.550. The molecule has 2 nitrogen and oxygen atoms in total. The van der Waals surface area contributed by atoms with E-state index in [-0.39, 0.29) is 6.04 Å². The van der Waals surface area contributed by atoms with Crippen molar-refractivity contribution in [1.29, 1.82) is 5.26 Å². The third kappa shape index (κ3) is 1.58. The first-order chi connectivity index (χ1) is 4.84. The van der Waals surface area contributed by atoms with Crippen LogP contribution in [0.5, 0.6) is 0 Å². The molecule has 54 valence electrons. The van der Waals surface area contributed by atoms with Crippen LogP contribution in [0.15, 0.2) is 12.2 Å². The van der Waals surface area contributed by atoms with Gasteiger partial charge in [-0.15, -0.1) is 0 Å². The molecule has 0 saturated carbocycles. The molecular formula is C8H12N2. The smallest absolute Gasteiger partial charge is 0.0959 e. The van der Waals surface area contributed by atoms with Crippen LogP contribution in [-0.4, -0.2) is 6.04 Å². The minimum absolute atomic E-state index is 0.259. The summed E-state index contributed by atoms with van der Waals surface area (Å²) in [7, 11) is 0. The van der Waals surface area contributed by atoms with Gasteiger partial charge in [0.25, 0.3) is 0 Å². The number of nitrogens with two attached hydrogens (primary N) is 1. The second kappa shape index (κ2) is 3.38. The summed E-state index contributed by atoms with van der Waals surface area (Å²) in [5.41, 5.74) is 5.55. The molecule has 0 aliphatic heterocycles. The molecule has 0 saturated heterocycles. The summed E-state index contributed by atoms with van der Waals surface area (Å²) in [6.45, 7) is 0. The molecule has 0 heterocycles. The number of nitrogens with zero attached hydrogens (tertiary/aromatic N) is 1. The zero-order valence-electron chi connectivity index (χ0n) is 5.96. The van der Waals surface area contributed by atoms with Crippen LogP contribution in [0.2, 0.25) is 0 Å². The van der Waals surface area contributed by atoms with Crippen molar-refractivity contribution in [1.82, 2.24) is 0 Å². The highest BCUT2D eigenvalue weighted by Crippen LogP contribution is 2.19. The van der Waals surface area contributed by atoms with Crippen molar-refractivity contribution >= 4 is 0 Å². The Morgan fingerprint density at radius 2 is 2.40 bits per heavy atom. The van der Waals surface area contributed by atoms with Gasteiger partial charge in [0.2, 0.25) is 0 Å². The summed E-state index contributed by atoms with van der Waals surface area (Å²) in [6.07, 6.45) is 7.41. The van der Waals surface area contributed by atoms with Gasteiger partial charge in [0.15, 0.2) is 0 Å². The van der Waals surface area contributed by atoms with Crippen molar-refractivity contribution in [2.24, 2.45) is 11.7 Å². The van der Waals surface area contributed by atoms with E-state index in [9.17, 15) is 0 Å². The number of nitriles is 1. The molecule has 2 heteroatoms. The van der Waals surface area contributed by atoms with Gasteiger partial charge >= 0.3 is 0 Å². The predicted octanol–water partition coefficient (Wildman–Crippen LogP) is 1.19. The van der Waals surface area contributed by atoms with E-state index in [2.05, 4.69) is 18.2 Å². The van der Waals surface area contributed by atoms with Crippen LogP contribution in [0.1, 0.15) is 19.3 Å². The van der Waals surface area contributed by atoms with Gasteiger partial charge in [0.05, 0.1) is 12.1 Å². The van der Waals surface area contributed by atoms with Gasteiger partial charge in [-0.25, -0.2) is 0 Å². The summed E-state index contributed by atoms with van der Waals surface area (Å²) >= 11 is 0.